The quantitative estimate of drug-likeness (QED) is 0.536. The number of carbonyl (C=O) groups excluding carboxylic acids is 1. The van der Waals surface area contributed by atoms with Crippen LogP contribution in [-0.4, -0.2) is 18.6 Å². The zero-order chi connectivity index (χ0) is 10.5. The van der Waals surface area contributed by atoms with Gasteiger partial charge in [0.1, 0.15) is 0 Å². The molecule has 0 aromatic rings. The summed E-state index contributed by atoms with van der Waals surface area (Å²) < 4.78 is 4.87. The van der Waals surface area contributed by atoms with Crippen molar-refractivity contribution in [2.75, 3.05) is 7.11 Å². The first kappa shape index (κ1) is 12.0. The highest BCUT2D eigenvalue weighted by Gasteiger charge is 2.16. The number of hydrogen-bond donors (Lipinski definition) is 1. The second kappa shape index (κ2) is 4.90. The van der Waals surface area contributed by atoms with Crippen molar-refractivity contribution in [3.8, 4) is 0 Å². The van der Waals surface area contributed by atoms with E-state index in [-0.39, 0.29) is 11.4 Å². The summed E-state index contributed by atoms with van der Waals surface area (Å²) >= 11 is 0. The Morgan fingerprint density at radius 3 is 2.46 bits per heavy atom. The van der Waals surface area contributed by atoms with E-state index in [0.29, 0.717) is 5.76 Å². The second-order valence-corrected chi connectivity index (χ2v) is 3.69. The molecule has 0 aliphatic rings. The lowest BCUT2D eigenvalue weighted by Gasteiger charge is -2.23. The second-order valence-electron chi connectivity index (χ2n) is 3.69. The van der Waals surface area contributed by atoms with Gasteiger partial charge in [-0.1, -0.05) is 6.92 Å². The van der Waals surface area contributed by atoms with E-state index >= 15 is 0 Å². The van der Waals surface area contributed by atoms with Gasteiger partial charge < -0.3 is 10.1 Å². The molecule has 0 radical (unpaired) electrons. The molecule has 13 heavy (non-hydrogen) atoms. The number of rotatable bonds is 4. The minimum atomic E-state index is -0.151. The molecule has 3 nitrogen and oxygen atoms in total. The summed E-state index contributed by atoms with van der Waals surface area (Å²) in [5.74, 6) is 0.510. The Morgan fingerprint density at radius 1 is 1.54 bits per heavy atom. The summed E-state index contributed by atoms with van der Waals surface area (Å²) in [5, 5.41) is 2.88. The molecule has 0 bridgehead atoms. The maximum Gasteiger partial charge on any atom is 0.247 e. The van der Waals surface area contributed by atoms with Gasteiger partial charge >= 0.3 is 0 Å². The number of nitrogens with one attached hydrogen (secondary N) is 1. The average Bonchev–Trinajstić information content (AvgIpc) is 2.03. The summed E-state index contributed by atoms with van der Waals surface area (Å²) in [6.07, 6.45) is 2.36. The lowest BCUT2D eigenvalue weighted by atomic mass is 10.0. The summed E-state index contributed by atoms with van der Waals surface area (Å²) in [6, 6.07) is 0. The van der Waals surface area contributed by atoms with Crippen LogP contribution in [0.2, 0.25) is 0 Å². The smallest absolute Gasteiger partial charge is 0.247 e. The molecule has 0 aromatic heterocycles. The van der Waals surface area contributed by atoms with Crippen LogP contribution in [0.1, 0.15) is 34.1 Å². The van der Waals surface area contributed by atoms with Gasteiger partial charge in [0.2, 0.25) is 5.91 Å². The molecular formula is C10H19NO2. The van der Waals surface area contributed by atoms with Crippen molar-refractivity contribution in [3.63, 3.8) is 0 Å². The van der Waals surface area contributed by atoms with E-state index < -0.39 is 0 Å². The lowest BCUT2D eigenvalue weighted by Crippen LogP contribution is -2.42. The van der Waals surface area contributed by atoms with Gasteiger partial charge in [-0.25, -0.2) is 0 Å². The van der Waals surface area contributed by atoms with Crippen LogP contribution in [0.4, 0.5) is 0 Å². The molecule has 0 rings (SSSR count). The summed E-state index contributed by atoms with van der Waals surface area (Å²) in [4.78, 5) is 11.3. The molecule has 3 heteroatoms. The summed E-state index contributed by atoms with van der Waals surface area (Å²) in [5.41, 5.74) is -0.151. The first-order valence-corrected chi connectivity index (χ1v) is 4.45. The highest BCUT2D eigenvalue weighted by molar-refractivity contribution is 5.88. The summed E-state index contributed by atoms with van der Waals surface area (Å²) in [7, 11) is 1.55. The van der Waals surface area contributed by atoms with Crippen molar-refractivity contribution in [1.29, 1.82) is 0 Å². The Balaban J connectivity index is 4.17. The molecule has 76 valence electrons. The first-order valence-electron chi connectivity index (χ1n) is 4.45. The third-order valence-corrected chi connectivity index (χ3v) is 2.00. The first-order chi connectivity index (χ1) is 5.91. The molecule has 0 atom stereocenters. The van der Waals surface area contributed by atoms with Crippen molar-refractivity contribution in [2.24, 2.45) is 0 Å². The zero-order valence-corrected chi connectivity index (χ0v) is 9.10. The molecule has 0 heterocycles. The van der Waals surface area contributed by atoms with Crippen LogP contribution in [0, 0.1) is 0 Å². The molecule has 0 aliphatic carbocycles. The van der Waals surface area contributed by atoms with Crippen LogP contribution in [0.3, 0.4) is 0 Å². The Kier molecular flexibility index (Phi) is 4.52. The number of ether oxygens (including phenoxy) is 1. The fraction of sp³-hybridized carbons (Fsp3) is 0.700. The molecule has 0 aromatic carbocycles. The van der Waals surface area contributed by atoms with Crippen LogP contribution in [0.5, 0.6) is 0 Å². The van der Waals surface area contributed by atoms with Crippen LogP contribution < -0.4 is 5.32 Å². The van der Waals surface area contributed by atoms with E-state index in [4.69, 9.17) is 4.74 Å². The average molecular weight is 185 g/mol. The number of methoxy groups -OCH3 is 1. The largest absolute Gasteiger partial charge is 0.501 e. The minimum Gasteiger partial charge on any atom is -0.501 e. The number of allylic oxidation sites excluding steroid dienone is 1. The normalized spacial score (nSPS) is 12.5. The van der Waals surface area contributed by atoms with Crippen molar-refractivity contribution >= 4 is 5.91 Å². The fourth-order valence-corrected chi connectivity index (χ4v) is 0.702. The SMILES string of the molecule is CCC(C)(C)NC(=O)C=C(C)OC. The zero-order valence-electron chi connectivity index (χ0n) is 9.10. The summed E-state index contributed by atoms with van der Waals surface area (Å²) in [6.45, 7) is 7.76. The molecule has 0 fully saturated rings. The maximum absolute atomic E-state index is 11.3. The molecule has 0 spiro atoms. The van der Waals surface area contributed by atoms with Crippen molar-refractivity contribution < 1.29 is 9.53 Å². The van der Waals surface area contributed by atoms with Gasteiger partial charge in [0.15, 0.2) is 0 Å². The van der Waals surface area contributed by atoms with Gasteiger partial charge in [0, 0.05) is 11.6 Å². The topological polar surface area (TPSA) is 38.3 Å². The van der Waals surface area contributed by atoms with Crippen LogP contribution in [0.15, 0.2) is 11.8 Å². The van der Waals surface area contributed by atoms with Crippen LogP contribution in [-0.2, 0) is 9.53 Å². The molecule has 1 amide bonds. The van der Waals surface area contributed by atoms with E-state index in [1.807, 2.05) is 20.8 Å². The predicted octanol–water partition coefficient (Wildman–Crippen LogP) is 1.84. The number of hydrogen-bond acceptors (Lipinski definition) is 2. The van der Waals surface area contributed by atoms with Gasteiger partial charge in [0.05, 0.1) is 12.9 Å². The van der Waals surface area contributed by atoms with Crippen molar-refractivity contribution in [2.45, 2.75) is 39.7 Å². The lowest BCUT2D eigenvalue weighted by molar-refractivity contribution is -0.118. The third kappa shape index (κ3) is 5.28. The molecule has 0 unspecified atom stereocenters. The highest BCUT2D eigenvalue weighted by Crippen LogP contribution is 2.06. The molecule has 0 saturated carbocycles. The van der Waals surface area contributed by atoms with E-state index in [1.54, 1.807) is 14.0 Å². The Morgan fingerprint density at radius 2 is 2.08 bits per heavy atom. The number of carbonyl (C=O) groups is 1. The Hall–Kier alpha value is -0.990. The van der Waals surface area contributed by atoms with E-state index in [1.165, 1.54) is 6.08 Å². The van der Waals surface area contributed by atoms with E-state index in [2.05, 4.69) is 5.32 Å². The van der Waals surface area contributed by atoms with Crippen LogP contribution >= 0.6 is 0 Å². The maximum atomic E-state index is 11.3. The van der Waals surface area contributed by atoms with E-state index in [0.717, 1.165) is 6.42 Å². The fourth-order valence-electron chi connectivity index (χ4n) is 0.702. The Labute approximate surface area is 80.2 Å². The predicted molar refractivity (Wildman–Crippen MR) is 53.3 cm³/mol. The number of amides is 1. The molecule has 1 N–H and O–H groups in total. The molecule has 0 aliphatic heterocycles. The molecular weight excluding hydrogens is 166 g/mol. The standard InChI is InChI=1S/C10H19NO2/c1-6-10(3,4)11-9(12)7-8(2)13-5/h7H,6H2,1-5H3,(H,11,12). The van der Waals surface area contributed by atoms with Gasteiger partial charge in [-0.15, -0.1) is 0 Å². The molecule has 0 saturated heterocycles. The monoisotopic (exact) mass is 185 g/mol. The highest BCUT2D eigenvalue weighted by atomic mass is 16.5. The Bertz CT molecular complexity index is 207. The van der Waals surface area contributed by atoms with Gasteiger partial charge in [0.25, 0.3) is 0 Å². The van der Waals surface area contributed by atoms with Crippen molar-refractivity contribution in [1.82, 2.24) is 5.32 Å². The van der Waals surface area contributed by atoms with Gasteiger partial charge in [-0.05, 0) is 27.2 Å². The van der Waals surface area contributed by atoms with Crippen molar-refractivity contribution in [3.05, 3.63) is 11.8 Å². The minimum absolute atomic E-state index is 0.105. The van der Waals surface area contributed by atoms with Gasteiger partial charge in [-0.2, -0.15) is 0 Å². The van der Waals surface area contributed by atoms with Crippen LogP contribution in [0.25, 0.3) is 0 Å². The third-order valence-electron chi connectivity index (χ3n) is 2.00. The van der Waals surface area contributed by atoms with E-state index in [9.17, 15) is 4.79 Å². The van der Waals surface area contributed by atoms with Gasteiger partial charge in [-0.3, -0.25) is 4.79 Å².